The Labute approximate surface area is 103 Å². The van der Waals surface area contributed by atoms with Crippen LogP contribution in [-0.2, 0) is 14.8 Å². The average molecular weight is 263 g/mol. The van der Waals surface area contributed by atoms with E-state index in [1.54, 1.807) is 0 Å². The van der Waals surface area contributed by atoms with E-state index in [1.165, 1.54) is 0 Å². The van der Waals surface area contributed by atoms with E-state index in [4.69, 9.17) is 5.11 Å². The summed E-state index contributed by atoms with van der Waals surface area (Å²) in [5, 5.41) is 8.97. The second-order valence-corrected chi connectivity index (χ2v) is 7.77. The molecule has 0 unspecified atom stereocenters. The molecule has 0 aliphatic carbocycles. The Morgan fingerprint density at radius 1 is 1.41 bits per heavy atom. The largest absolute Gasteiger partial charge is 0.480 e. The highest BCUT2D eigenvalue weighted by Gasteiger charge is 2.38. The van der Waals surface area contributed by atoms with E-state index in [1.807, 2.05) is 20.8 Å². The Hall–Kier alpha value is -0.620. The van der Waals surface area contributed by atoms with Crippen LogP contribution in [0.4, 0.5) is 0 Å². The molecule has 1 atom stereocenters. The van der Waals surface area contributed by atoms with Crippen LogP contribution in [0.2, 0.25) is 0 Å². The Balaban J connectivity index is 2.73. The van der Waals surface area contributed by atoms with Gasteiger partial charge in [-0.3, -0.25) is 4.79 Å². The van der Waals surface area contributed by atoms with Crippen molar-refractivity contribution >= 4 is 16.0 Å². The van der Waals surface area contributed by atoms with Gasteiger partial charge in [-0.1, -0.05) is 20.8 Å². The van der Waals surface area contributed by atoms with Gasteiger partial charge in [0.15, 0.2) is 0 Å². The van der Waals surface area contributed by atoms with Crippen LogP contribution in [0.5, 0.6) is 0 Å². The number of rotatable bonds is 4. The lowest BCUT2D eigenvalue weighted by Crippen LogP contribution is -2.42. The zero-order chi connectivity index (χ0) is 13.3. The minimum absolute atomic E-state index is 0.0281. The zero-order valence-electron chi connectivity index (χ0n) is 10.6. The summed E-state index contributed by atoms with van der Waals surface area (Å²) in [6.07, 6.45) is 1.59. The molecule has 1 saturated heterocycles. The van der Waals surface area contributed by atoms with Crippen molar-refractivity contribution in [2.24, 2.45) is 5.41 Å². The van der Waals surface area contributed by atoms with Gasteiger partial charge in [0.05, 0.1) is 5.75 Å². The lowest BCUT2D eigenvalue weighted by Gasteiger charge is -2.24. The summed E-state index contributed by atoms with van der Waals surface area (Å²) in [7, 11) is -3.43. The van der Waals surface area contributed by atoms with Crippen molar-refractivity contribution in [2.45, 2.75) is 46.1 Å². The predicted molar refractivity (Wildman–Crippen MR) is 65.2 cm³/mol. The van der Waals surface area contributed by atoms with Crippen molar-refractivity contribution in [2.75, 3.05) is 12.3 Å². The lowest BCUT2D eigenvalue weighted by molar-refractivity contribution is -0.140. The van der Waals surface area contributed by atoms with Gasteiger partial charge in [0.2, 0.25) is 10.0 Å². The summed E-state index contributed by atoms with van der Waals surface area (Å²) in [6, 6.07) is -0.861. The van der Waals surface area contributed by atoms with Crippen molar-refractivity contribution in [3.8, 4) is 0 Å². The average Bonchev–Trinajstić information content (AvgIpc) is 2.62. The monoisotopic (exact) mass is 263 g/mol. The number of aliphatic carboxylic acids is 1. The summed E-state index contributed by atoms with van der Waals surface area (Å²) in [5.74, 6) is -1.01. The molecule has 1 fully saturated rings. The molecule has 0 aromatic heterocycles. The van der Waals surface area contributed by atoms with Crippen LogP contribution in [0, 0.1) is 5.41 Å². The highest BCUT2D eigenvalue weighted by Crippen LogP contribution is 2.25. The van der Waals surface area contributed by atoms with Gasteiger partial charge in [-0.15, -0.1) is 0 Å². The molecule has 0 aromatic rings. The van der Waals surface area contributed by atoms with E-state index >= 15 is 0 Å². The van der Waals surface area contributed by atoms with E-state index in [0.29, 0.717) is 25.8 Å². The highest BCUT2D eigenvalue weighted by molar-refractivity contribution is 7.89. The molecule has 17 heavy (non-hydrogen) atoms. The van der Waals surface area contributed by atoms with Crippen molar-refractivity contribution in [1.29, 1.82) is 0 Å². The normalized spacial score (nSPS) is 22.9. The van der Waals surface area contributed by atoms with Gasteiger partial charge in [0, 0.05) is 6.54 Å². The van der Waals surface area contributed by atoms with Crippen molar-refractivity contribution < 1.29 is 18.3 Å². The first-order chi connectivity index (χ1) is 7.63. The highest BCUT2D eigenvalue weighted by atomic mass is 32.2. The van der Waals surface area contributed by atoms with Gasteiger partial charge in [-0.2, -0.15) is 4.31 Å². The smallest absolute Gasteiger partial charge is 0.322 e. The maximum Gasteiger partial charge on any atom is 0.322 e. The summed E-state index contributed by atoms with van der Waals surface area (Å²) >= 11 is 0. The first-order valence-electron chi connectivity index (χ1n) is 5.86. The number of carbonyl (C=O) groups is 1. The number of carboxylic acid groups (broad SMARTS) is 1. The predicted octanol–water partition coefficient (Wildman–Crippen LogP) is 1.30. The van der Waals surface area contributed by atoms with E-state index in [9.17, 15) is 13.2 Å². The third kappa shape index (κ3) is 3.96. The number of hydrogen-bond acceptors (Lipinski definition) is 3. The summed E-state index contributed by atoms with van der Waals surface area (Å²) in [4.78, 5) is 11.0. The summed E-state index contributed by atoms with van der Waals surface area (Å²) < 4.78 is 25.3. The summed E-state index contributed by atoms with van der Waals surface area (Å²) in [6.45, 7) is 6.26. The molecule has 100 valence electrons. The van der Waals surface area contributed by atoms with Gasteiger partial charge in [0.25, 0.3) is 0 Å². The minimum Gasteiger partial charge on any atom is -0.480 e. The quantitative estimate of drug-likeness (QED) is 0.829. The molecule has 5 nitrogen and oxygen atoms in total. The van der Waals surface area contributed by atoms with Crippen LogP contribution in [0.15, 0.2) is 0 Å². The molecule has 0 radical (unpaired) electrons. The van der Waals surface area contributed by atoms with Crippen LogP contribution < -0.4 is 0 Å². The second-order valence-electron chi connectivity index (χ2n) is 5.73. The Kier molecular flexibility index (Phi) is 4.19. The number of nitrogens with zero attached hydrogens (tertiary/aromatic N) is 1. The SMILES string of the molecule is CC(C)(C)CCS(=O)(=O)N1CCC[C@@H]1C(=O)O. The maximum atomic E-state index is 12.1. The number of sulfonamides is 1. The van der Waals surface area contributed by atoms with Crippen LogP contribution in [0.1, 0.15) is 40.0 Å². The van der Waals surface area contributed by atoms with Crippen LogP contribution in [0.25, 0.3) is 0 Å². The fourth-order valence-electron chi connectivity index (χ4n) is 1.87. The second kappa shape index (κ2) is 4.94. The van der Waals surface area contributed by atoms with Gasteiger partial charge >= 0.3 is 5.97 Å². The first kappa shape index (κ1) is 14.4. The Morgan fingerprint density at radius 2 is 2.00 bits per heavy atom. The molecule has 6 heteroatoms. The molecule has 1 heterocycles. The van der Waals surface area contributed by atoms with Gasteiger partial charge in [0.1, 0.15) is 6.04 Å². The molecular weight excluding hydrogens is 242 g/mol. The first-order valence-corrected chi connectivity index (χ1v) is 7.47. The molecule has 0 spiro atoms. The molecule has 1 aliphatic rings. The standard InChI is InChI=1S/C11H21NO4S/c1-11(2,3)6-8-17(15,16)12-7-4-5-9(12)10(13)14/h9H,4-8H2,1-3H3,(H,13,14)/t9-/m1/s1. The third-order valence-electron chi connectivity index (χ3n) is 2.96. The fraction of sp³-hybridized carbons (Fsp3) is 0.909. The van der Waals surface area contributed by atoms with Gasteiger partial charge in [-0.25, -0.2) is 8.42 Å². The summed E-state index contributed by atoms with van der Waals surface area (Å²) in [5.41, 5.74) is -0.0640. The Bertz CT molecular complexity index is 383. The van der Waals surface area contributed by atoms with Crippen LogP contribution in [-0.4, -0.2) is 42.1 Å². The topological polar surface area (TPSA) is 74.7 Å². The van der Waals surface area contributed by atoms with E-state index in [2.05, 4.69) is 0 Å². The molecule has 1 N–H and O–H groups in total. The van der Waals surface area contributed by atoms with Crippen molar-refractivity contribution in [3.05, 3.63) is 0 Å². The molecule has 0 saturated carbocycles. The zero-order valence-corrected chi connectivity index (χ0v) is 11.5. The minimum atomic E-state index is -3.43. The molecule has 0 amide bonds. The lowest BCUT2D eigenvalue weighted by atomic mass is 9.94. The van der Waals surface area contributed by atoms with Crippen LogP contribution in [0.3, 0.4) is 0 Å². The van der Waals surface area contributed by atoms with Gasteiger partial charge < -0.3 is 5.11 Å². The van der Waals surface area contributed by atoms with Crippen molar-refractivity contribution in [3.63, 3.8) is 0 Å². The van der Waals surface area contributed by atoms with E-state index in [0.717, 1.165) is 4.31 Å². The number of hydrogen-bond donors (Lipinski definition) is 1. The Morgan fingerprint density at radius 3 is 2.47 bits per heavy atom. The molecular formula is C11H21NO4S. The maximum absolute atomic E-state index is 12.1. The van der Waals surface area contributed by atoms with E-state index < -0.39 is 22.0 Å². The van der Waals surface area contributed by atoms with E-state index in [-0.39, 0.29) is 11.2 Å². The van der Waals surface area contributed by atoms with Crippen LogP contribution >= 0.6 is 0 Å². The molecule has 0 bridgehead atoms. The van der Waals surface area contributed by atoms with Crippen molar-refractivity contribution in [1.82, 2.24) is 4.31 Å². The molecule has 0 aromatic carbocycles. The number of carboxylic acids is 1. The molecule has 1 rings (SSSR count). The van der Waals surface area contributed by atoms with Gasteiger partial charge in [-0.05, 0) is 24.7 Å². The molecule has 1 aliphatic heterocycles. The fourth-order valence-corrected chi connectivity index (χ4v) is 3.97. The third-order valence-corrected chi connectivity index (χ3v) is 4.83.